The molecule has 1 aliphatic heterocycles. The first-order chi connectivity index (χ1) is 6.08. The molecule has 0 spiro atoms. The lowest BCUT2D eigenvalue weighted by atomic mass is 9.74. The fraction of sp³-hybridized carbons (Fsp3) is 0.900. The number of hydrogen-bond acceptors (Lipinski definition) is 3. The van der Waals surface area contributed by atoms with Gasteiger partial charge in [0, 0.05) is 18.4 Å². The van der Waals surface area contributed by atoms with Crippen molar-refractivity contribution in [3.8, 4) is 0 Å². The van der Waals surface area contributed by atoms with Crippen molar-refractivity contribution in [2.24, 2.45) is 11.8 Å². The summed E-state index contributed by atoms with van der Waals surface area (Å²) in [6.45, 7) is 3.80. The standard InChI is InChI=1S/C10H16O3/c1-6(12)7-3-8(5-11)10(2)9(4-7)13-10/h7-9,11H,3-5H2,1-2H3/t7-,8-,9-,10+/m0/s1. The highest BCUT2D eigenvalue weighted by molar-refractivity contribution is 5.78. The predicted molar refractivity (Wildman–Crippen MR) is 47.3 cm³/mol. The summed E-state index contributed by atoms with van der Waals surface area (Å²) < 4.78 is 5.54. The molecule has 0 bridgehead atoms. The summed E-state index contributed by atoms with van der Waals surface area (Å²) in [5.74, 6) is 0.494. The Bertz CT molecular complexity index is 238. The second-order valence-electron chi connectivity index (χ2n) is 4.45. The minimum Gasteiger partial charge on any atom is -0.396 e. The van der Waals surface area contributed by atoms with Crippen molar-refractivity contribution in [2.75, 3.05) is 6.61 Å². The van der Waals surface area contributed by atoms with Gasteiger partial charge in [0.05, 0.1) is 11.7 Å². The topological polar surface area (TPSA) is 49.8 Å². The quantitative estimate of drug-likeness (QED) is 0.644. The predicted octanol–water partition coefficient (Wildman–Crippen LogP) is 0.751. The van der Waals surface area contributed by atoms with E-state index in [1.165, 1.54) is 0 Å². The molecule has 0 aromatic rings. The van der Waals surface area contributed by atoms with E-state index in [1.54, 1.807) is 6.92 Å². The van der Waals surface area contributed by atoms with E-state index in [1.807, 2.05) is 6.92 Å². The van der Waals surface area contributed by atoms with Crippen LogP contribution in [0, 0.1) is 11.8 Å². The molecular weight excluding hydrogens is 168 g/mol. The van der Waals surface area contributed by atoms with E-state index in [0.29, 0.717) is 0 Å². The first kappa shape index (κ1) is 9.16. The highest BCUT2D eigenvalue weighted by Gasteiger charge is 2.61. The van der Waals surface area contributed by atoms with Crippen molar-refractivity contribution < 1.29 is 14.6 Å². The van der Waals surface area contributed by atoms with Crippen molar-refractivity contribution >= 4 is 5.78 Å². The lowest BCUT2D eigenvalue weighted by Crippen LogP contribution is -2.36. The highest BCUT2D eigenvalue weighted by Crippen LogP contribution is 2.52. The molecule has 1 saturated carbocycles. The average Bonchev–Trinajstić information content (AvgIpc) is 2.74. The summed E-state index contributed by atoms with van der Waals surface area (Å²) in [6, 6.07) is 0. The van der Waals surface area contributed by atoms with Gasteiger partial charge >= 0.3 is 0 Å². The van der Waals surface area contributed by atoms with Crippen LogP contribution in [-0.4, -0.2) is 29.2 Å². The number of ether oxygens (including phenoxy) is 1. The summed E-state index contributed by atoms with van der Waals surface area (Å²) in [4.78, 5) is 11.2. The lowest BCUT2D eigenvalue weighted by molar-refractivity contribution is -0.122. The number of carbonyl (C=O) groups excluding carboxylic acids is 1. The number of carbonyl (C=O) groups is 1. The van der Waals surface area contributed by atoms with Crippen LogP contribution in [0.2, 0.25) is 0 Å². The van der Waals surface area contributed by atoms with E-state index in [9.17, 15) is 4.79 Å². The third-order valence-electron chi connectivity index (χ3n) is 3.65. The largest absolute Gasteiger partial charge is 0.396 e. The van der Waals surface area contributed by atoms with E-state index in [0.717, 1.165) is 12.8 Å². The molecule has 1 heterocycles. The number of aliphatic hydroxyl groups is 1. The second kappa shape index (κ2) is 2.79. The number of rotatable bonds is 2. The van der Waals surface area contributed by atoms with Gasteiger partial charge in [0.2, 0.25) is 0 Å². The van der Waals surface area contributed by atoms with Gasteiger partial charge in [-0.05, 0) is 26.7 Å². The van der Waals surface area contributed by atoms with Gasteiger partial charge in [-0.25, -0.2) is 0 Å². The molecule has 2 fully saturated rings. The third-order valence-corrected chi connectivity index (χ3v) is 3.65. The lowest BCUT2D eigenvalue weighted by Gasteiger charge is -2.28. The van der Waals surface area contributed by atoms with Crippen LogP contribution in [-0.2, 0) is 9.53 Å². The zero-order valence-corrected chi connectivity index (χ0v) is 8.12. The van der Waals surface area contributed by atoms with Gasteiger partial charge in [0.25, 0.3) is 0 Å². The van der Waals surface area contributed by atoms with Gasteiger partial charge in [-0.2, -0.15) is 0 Å². The monoisotopic (exact) mass is 184 g/mol. The molecule has 2 rings (SSSR count). The second-order valence-corrected chi connectivity index (χ2v) is 4.45. The van der Waals surface area contributed by atoms with E-state index >= 15 is 0 Å². The Morgan fingerprint density at radius 2 is 2.31 bits per heavy atom. The van der Waals surface area contributed by atoms with E-state index in [4.69, 9.17) is 9.84 Å². The van der Waals surface area contributed by atoms with Crippen LogP contribution in [0.15, 0.2) is 0 Å². The first-order valence-corrected chi connectivity index (χ1v) is 4.87. The minimum atomic E-state index is -0.124. The molecule has 3 nitrogen and oxygen atoms in total. The molecule has 74 valence electrons. The molecule has 0 aromatic heterocycles. The first-order valence-electron chi connectivity index (χ1n) is 4.87. The molecule has 1 saturated heterocycles. The Labute approximate surface area is 78.1 Å². The van der Waals surface area contributed by atoms with Crippen molar-refractivity contribution in [3.63, 3.8) is 0 Å². The van der Waals surface area contributed by atoms with Gasteiger partial charge in [-0.15, -0.1) is 0 Å². The Balaban J connectivity index is 2.07. The molecule has 4 atom stereocenters. The van der Waals surface area contributed by atoms with Crippen LogP contribution in [0.1, 0.15) is 26.7 Å². The summed E-state index contributed by atoms with van der Waals surface area (Å²) in [5, 5.41) is 9.16. The normalized spacial score (nSPS) is 48.4. The van der Waals surface area contributed by atoms with Crippen LogP contribution in [0.4, 0.5) is 0 Å². The Morgan fingerprint density at radius 1 is 1.62 bits per heavy atom. The molecular formula is C10H16O3. The number of fused-ring (bicyclic) bond motifs is 1. The maximum atomic E-state index is 11.2. The zero-order valence-electron chi connectivity index (χ0n) is 8.12. The molecule has 13 heavy (non-hydrogen) atoms. The van der Waals surface area contributed by atoms with Gasteiger partial charge < -0.3 is 9.84 Å². The van der Waals surface area contributed by atoms with Gasteiger partial charge in [0.15, 0.2) is 0 Å². The van der Waals surface area contributed by atoms with Crippen LogP contribution in [0.25, 0.3) is 0 Å². The summed E-state index contributed by atoms with van der Waals surface area (Å²) in [6.07, 6.45) is 1.86. The Hall–Kier alpha value is -0.410. The summed E-state index contributed by atoms with van der Waals surface area (Å²) in [5.41, 5.74) is -0.124. The third kappa shape index (κ3) is 1.30. The molecule has 0 aromatic carbocycles. The van der Waals surface area contributed by atoms with Gasteiger partial charge in [0.1, 0.15) is 5.78 Å². The summed E-state index contributed by atoms with van der Waals surface area (Å²) >= 11 is 0. The molecule has 0 unspecified atom stereocenters. The maximum absolute atomic E-state index is 11.2. The van der Waals surface area contributed by atoms with Crippen molar-refractivity contribution in [1.29, 1.82) is 0 Å². The Kier molecular flexibility index (Phi) is 1.96. The number of hydrogen-bond donors (Lipinski definition) is 1. The van der Waals surface area contributed by atoms with Crippen LogP contribution in [0.3, 0.4) is 0 Å². The van der Waals surface area contributed by atoms with Crippen LogP contribution < -0.4 is 0 Å². The Morgan fingerprint density at radius 3 is 2.85 bits per heavy atom. The molecule has 1 N–H and O–H groups in total. The van der Waals surface area contributed by atoms with Crippen LogP contribution in [0.5, 0.6) is 0 Å². The number of ketones is 1. The van der Waals surface area contributed by atoms with E-state index in [-0.39, 0.29) is 35.9 Å². The fourth-order valence-electron chi connectivity index (χ4n) is 2.43. The van der Waals surface area contributed by atoms with Crippen molar-refractivity contribution in [1.82, 2.24) is 0 Å². The molecule has 1 aliphatic carbocycles. The number of epoxide rings is 1. The van der Waals surface area contributed by atoms with Gasteiger partial charge in [-0.1, -0.05) is 0 Å². The van der Waals surface area contributed by atoms with E-state index < -0.39 is 0 Å². The van der Waals surface area contributed by atoms with Crippen LogP contribution >= 0.6 is 0 Å². The number of Topliss-reactive ketones (excluding diaryl/α,β-unsaturated/α-hetero) is 1. The highest BCUT2D eigenvalue weighted by atomic mass is 16.6. The molecule has 2 aliphatic rings. The van der Waals surface area contributed by atoms with Gasteiger partial charge in [-0.3, -0.25) is 4.79 Å². The average molecular weight is 184 g/mol. The number of aliphatic hydroxyl groups excluding tert-OH is 1. The smallest absolute Gasteiger partial charge is 0.133 e. The molecule has 0 amide bonds. The molecule has 3 heteroatoms. The minimum absolute atomic E-state index is 0.109. The zero-order chi connectivity index (χ0) is 9.64. The van der Waals surface area contributed by atoms with E-state index in [2.05, 4.69) is 0 Å². The fourth-order valence-corrected chi connectivity index (χ4v) is 2.43. The van der Waals surface area contributed by atoms with Crippen molar-refractivity contribution in [3.05, 3.63) is 0 Å². The molecule has 0 radical (unpaired) electrons. The SMILES string of the molecule is CC(=O)[C@H]1C[C@@H](CO)[C@@]2(C)O[C@H]2C1. The summed E-state index contributed by atoms with van der Waals surface area (Å²) in [7, 11) is 0. The van der Waals surface area contributed by atoms with Crippen molar-refractivity contribution in [2.45, 2.75) is 38.4 Å². The maximum Gasteiger partial charge on any atom is 0.133 e.